The van der Waals surface area contributed by atoms with Crippen molar-refractivity contribution in [1.82, 2.24) is 0 Å². The molecule has 5 atom stereocenters. The van der Waals surface area contributed by atoms with Gasteiger partial charge in [0.2, 0.25) is 6.29 Å². The summed E-state index contributed by atoms with van der Waals surface area (Å²) in [5.41, 5.74) is 1.41. The largest absolute Gasteiger partial charge is 0.461 e. The fraction of sp³-hybridized carbons (Fsp3) is 0.545. The maximum atomic E-state index is 12.2. The van der Waals surface area contributed by atoms with Gasteiger partial charge < -0.3 is 34.6 Å². The number of carbonyl (C=O) groups excluding carboxylic acids is 2. The number of rotatable bonds is 6. The number of aliphatic hydroxyl groups excluding tert-OH is 4. The summed E-state index contributed by atoms with van der Waals surface area (Å²) in [7, 11) is 0. The summed E-state index contributed by atoms with van der Waals surface area (Å²) in [6, 6.07) is 5.18. The van der Waals surface area contributed by atoms with Gasteiger partial charge in [-0.2, -0.15) is 0 Å². The Morgan fingerprint density at radius 1 is 1.16 bits per heavy atom. The molecule has 1 amide bonds. The van der Waals surface area contributed by atoms with Crippen LogP contribution in [0, 0.1) is 12.3 Å². The van der Waals surface area contributed by atoms with Crippen molar-refractivity contribution in [2.24, 2.45) is 5.41 Å². The number of nitrogens with one attached hydrogen (secondary N) is 1. The van der Waals surface area contributed by atoms with Crippen LogP contribution in [0.4, 0.5) is 10.5 Å². The Labute approximate surface area is 186 Å². The van der Waals surface area contributed by atoms with E-state index in [1.807, 2.05) is 0 Å². The summed E-state index contributed by atoms with van der Waals surface area (Å²) in [5, 5.41) is 41.2. The minimum Gasteiger partial charge on any atom is -0.461 e. The zero-order valence-corrected chi connectivity index (χ0v) is 18.5. The van der Waals surface area contributed by atoms with E-state index in [1.165, 1.54) is 0 Å². The molecule has 1 heterocycles. The van der Waals surface area contributed by atoms with Crippen LogP contribution in [0.2, 0.25) is 0 Å². The third-order valence-electron chi connectivity index (χ3n) is 4.79. The summed E-state index contributed by atoms with van der Waals surface area (Å²) < 4.78 is 15.3. The number of carbonyl (C=O) groups is 2. The van der Waals surface area contributed by atoms with Crippen molar-refractivity contribution < 1.29 is 44.2 Å². The molecule has 2 rings (SSSR count). The van der Waals surface area contributed by atoms with Crippen molar-refractivity contribution in [3.8, 4) is 0 Å². The van der Waals surface area contributed by atoms with E-state index < -0.39 is 48.8 Å². The van der Waals surface area contributed by atoms with E-state index >= 15 is 0 Å². The Kier molecular flexibility index (Phi) is 8.76. The number of hydrogen-bond acceptors (Lipinski definition) is 9. The Balaban J connectivity index is 1.92. The summed E-state index contributed by atoms with van der Waals surface area (Å²) in [6.07, 6.45) is -5.08. The van der Waals surface area contributed by atoms with Gasteiger partial charge in [0.25, 0.3) is 0 Å². The lowest BCUT2D eigenvalue weighted by atomic mass is 9.97. The number of benzene rings is 1. The highest BCUT2D eigenvalue weighted by atomic mass is 16.7. The summed E-state index contributed by atoms with van der Waals surface area (Å²) >= 11 is 0. The molecule has 1 aromatic carbocycles. The number of amides is 1. The van der Waals surface area contributed by atoms with E-state index in [-0.39, 0.29) is 12.6 Å². The van der Waals surface area contributed by atoms with Gasteiger partial charge in [0.1, 0.15) is 31.0 Å². The Morgan fingerprint density at radius 2 is 1.84 bits per heavy atom. The number of esters is 1. The molecule has 1 aliphatic heterocycles. The first-order valence-corrected chi connectivity index (χ1v) is 10.2. The molecule has 0 aromatic heterocycles. The average Bonchev–Trinajstić information content (AvgIpc) is 2.72. The molecule has 178 valence electrons. The second-order valence-corrected chi connectivity index (χ2v) is 8.55. The molecule has 5 N–H and O–H groups in total. The van der Waals surface area contributed by atoms with Crippen LogP contribution < -0.4 is 5.32 Å². The van der Waals surface area contributed by atoms with Crippen molar-refractivity contribution in [1.29, 1.82) is 0 Å². The van der Waals surface area contributed by atoms with E-state index in [1.54, 1.807) is 58.0 Å². The molecular weight excluding hydrogens is 422 g/mol. The summed E-state index contributed by atoms with van der Waals surface area (Å²) in [5.74, 6) is -0.296. The van der Waals surface area contributed by atoms with Gasteiger partial charge in [0.15, 0.2) is 0 Å². The first kappa shape index (κ1) is 25.8. The molecule has 1 fully saturated rings. The SMILES string of the molecule is Cc1cc(/C=C/COC(=O)C(C)(C)C)ccc1NC(=O)O[C@@H]1O[C@H](CO)[C@H](O)[C@H](O)[C@H]1O. The number of ether oxygens (including phenoxy) is 3. The fourth-order valence-corrected chi connectivity index (χ4v) is 2.86. The van der Waals surface area contributed by atoms with Crippen LogP contribution in [0.1, 0.15) is 31.9 Å². The maximum absolute atomic E-state index is 12.2. The van der Waals surface area contributed by atoms with Crippen LogP contribution in [0.3, 0.4) is 0 Å². The van der Waals surface area contributed by atoms with Crippen LogP contribution in [-0.4, -0.2) is 76.4 Å². The standard InChI is InChI=1S/C22H31NO9/c1-12-10-13(6-5-9-30-20(28)22(2,3)4)7-8-14(12)23-21(29)32-19-18(27)17(26)16(25)15(11-24)31-19/h5-8,10,15-19,24-27H,9,11H2,1-4H3,(H,23,29)/b6-5+/t15-,16+,17+,18-,19+/m1/s1. The number of aryl methyl sites for hydroxylation is 1. The van der Waals surface area contributed by atoms with E-state index in [2.05, 4.69) is 5.32 Å². The monoisotopic (exact) mass is 453 g/mol. The van der Waals surface area contributed by atoms with E-state index in [4.69, 9.17) is 14.2 Å². The van der Waals surface area contributed by atoms with Crippen LogP contribution in [-0.2, 0) is 19.0 Å². The van der Waals surface area contributed by atoms with Gasteiger partial charge in [-0.1, -0.05) is 12.1 Å². The smallest absolute Gasteiger partial charge is 0.414 e. The Hall–Kier alpha value is -2.50. The second kappa shape index (κ2) is 10.9. The molecule has 32 heavy (non-hydrogen) atoms. The molecule has 0 spiro atoms. The van der Waals surface area contributed by atoms with Gasteiger partial charge in [-0.15, -0.1) is 0 Å². The van der Waals surface area contributed by atoms with Gasteiger partial charge in [-0.3, -0.25) is 10.1 Å². The molecule has 0 bridgehead atoms. The molecule has 1 aromatic rings. The predicted octanol–water partition coefficient (Wildman–Crippen LogP) is 0.946. The lowest BCUT2D eigenvalue weighted by Gasteiger charge is -2.39. The highest BCUT2D eigenvalue weighted by Gasteiger charge is 2.45. The average molecular weight is 453 g/mol. The third kappa shape index (κ3) is 6.75. The van der Waals surface area contributed by atoms with Crippen LogP contribution >= 0.6 is 0 Å². The van der Waals surface area contributed by atoms with Crippen molar-refractivity contribution in [3.05, 3.63) is 35.4 Å². The quantitative estimate of drug-likeness (QED) is 0.396. The normalized spacial score (nSPS) is 26.1. The van der Waals surface area contributed by atoms with E-state index in [9.17, 15) is 30.0 Å². The lowest BCUT2D eigenvalue weighted by Crippen LogP contribution is -2.59. The van der Waals surface area contributed by atoms with Crippen LogP contribution in [0.15, 0.2) is 24.3 Å². The lowest BCUT2D eigenvalue weighted by molar-refractivity contribution is -0.283. The highest BCUT2D eigenvalue weighted by molar-refractivity contribution is 5.86. The molecule has 0 radical (unpaired) electrons. The molecule has 1 aliphatic rings. The minimum atomic E-state index is -1.68. The van der Waals surface area contributed by atoms with Gasteiger partial charge in [0, 0.05) is 5.69 Å². The highest BCUT2D eigenvalue weighted by Crippen LogP contribution is 2.23. The van der Waals surface area contributed by atoms with Crippen molar-refractivity contribution in [3.63, 3.8) is 0 Å². The fourth-order valence-electron chi connectivity index (χ4n) is 2.86. The molecule has 0 aliphatic carbocycles. The Morgan fingerprint density at radius 3 is 2.44 bits per heavy atom. The van der Waals surface area contributed by atoms with Crippen LogP contribution in [0.25, 0.3) is 6.08 Å². The maximum Gasteiger partial charge on any atom is 0.414 e. The molecular formula is C22H31NO9. The van der Waals surface area contributed by atoms with E-state index in [0.29, 0.717) is 11.3 Å². The molecule has 10 heteroatoms. The van der Waals surface area contributed by atoms with Gasteiger partial charge >= 0.3 is 12.1 Å². The van der Waals surface area contributed by atoms with Gasteiger partial charge in [-0.05, 0) is 57.0 Å². The zero-order valence-electron chi connectivity index (χ0n) is 18.5. The Bertz CT molecular complexity index is 831. The van der Waals surface area contributed by atoms with Gasteiger partial charge in [-0.25, -0.2) is 4.79 Å². The topological polar surface area (TPSA) is 155 Å². The van der Waals surface area contributed by atoms with Crippen molar-refractivity contribution >= 4 is 23.8 Å². The zero-order chi connectivity index (χ0) is 24.1. The molecule has 0 unspecified atom stereocenters. The molecule has 0 saturated carbocycles. The number of aliphatic hydroxyl groups is 4. The van der Waals surface area contributed by atoms with Crippen molar-refractivity contribution in [2.75, 3.05) is 18.5 Å². The minimum absolute atomic E-state index is 0.139. The second-order valence-electron chi connectivity index (χ2n) is 8.55. The predicted molar refractivity (Wildman–Crippen MR) is 114 cm³/mol. The first-order valence-electron chi connectivity index (χ1n) is 10.2. The van der Waals surface area contributed by atoms with E-state index in [0.717, 1.165) is 5.56 Å². The molecule has 10 nitrogen and oxygen atoms in total. The molecule has 1 saturated heterocycles. The van der Waals surface area contributed by atoms with Gasteiger partial charge in [0.05, 0.1) is 12.0 Å². The number of hydrogen-bond donors (Lipinski definition) is 5. The summed E-state index contributed by atoms with van der Waals surface area (Å²) in [4.78, 5) is 23.9. The summed E-state index contributed by atoms with van der Waals surface area (Å²) in [6.45, 7) is 6.60. The first-order chi connectivity index (χ1) is 14.9. The third-order valence-corrected chi connectivity index (χ3v) is 4.79. The van der Waals surface area contributed by atoms with Crippen LogP contribution in [0.5, 0.6) is 0 Å². The van der Waals surface area contributed by atoms with Crippen molar-refractivity contribution in [2.45, 2.75) is 58.4 Å². The number of anilines is 1.